The molecule has 0 spiro atoms. The van der Waals surface area contributed by atoms with Gasteiger partial charge in [-0.05, 0) is 29.9 Å². The number of aliphatic hydroxyl groups is 1. The fourth-order valence-corrected chi connectivity index (χ4v) is 3.10. The smallest absolute Gasteiger partial charge is 0.0729 e. The molecule has 1 heterocycles. The fourth-order valence-electron chi connectivity index (χ4n) is 3.10. The predicted molar refractivity (Wildman–Crippen MR) is 84.3 cm³/mol. The Morgan fingerprint density at radius 2 is 2.14 bits per heavy atom. The van der Waals surface area contributed by atoms with Crippen molar-refractivity contribution in [3.63, 3.8) is 0 Å². The lowest BCUT2D eigenvalue weighted by molar-refractivity contribution is 0.269. The molecule has 0 amide bonds. The maximum Gasteiger partial charge on any atom is 0.0729 e. The van der Waals surface area contributed by atoms with Crippen molar-refractivity contribution in [3.05, 3.63) is 47.8 Å². The van der Waals surface area contributed by atoms with Gasteiger partial charge in [0.15, 0.2) is 0 Å². The van der Waals surface area contributed by atoms with Crippen LogP contribution < -0.4 is 5.32 Å². The summed E-state index contributed by atoms with van der Waals surface area (Å²) in [5.74, 6) is 0.761. The number of aromatic nitrogens is 2. The number of anilines is 1. The van der Waals surface area contributed by atoms with Crippen molar-refractivity contribution in [3.8, 4) is 0 Å². The third kappa shape index (κ3) is 3.64. The molecule has 4 nitrogen and oxygen atoms in total. The summed E-state index contributed by atoms with van der Waals surface area (Å²) in [6, 6.07) is 8.93. The number of nitrogens with one attached hydrogen (secondary N) is 1. The van der Waals surface area contributed by atoms with Crippen LogP contribution in [0.2, 0.25) is 0 Å². The Labute approximate surface area is 125 Å². The second kappa shape index (κ2) is 6.76. The first kappa shape index (κ1) is 14.1. The third-order valence-corrected chi connectivity index (χ3v) is 4.24. The number of benzene rings is 1. The lowest BCUT2D eigenvalue weighted by Gasteiger charge is -2.11. The molecule has 1 aromatic carbocycles. The Morgan fingerprint density at radius 3 is 2.95 bits per heavy atom. The predicted octanol–water partition coefficient (Wildman–Crippen LogP) is 3.15. The molecule has 0 bridgehead atoms. The fraction of sp³-hybridized carbons (Fsp3) is 0.471. The summed E-state index contributed by atoms with van der Waals surface area (Å²) < 4.78 is 1.75. The summed E-state index contributed by atoms with van der Waals surface area (Å²) in [7, 11) is 0. The van der Waals surface area contributed by atoms with E-state index in [0.717, 1.165) is 18.2 Å². The van der Waals surface area contributed by atoms with E-state index < -0.39 is 0 Å². The van der Waals surface area contributed by atoms with Gasteiger partial charge in [0.05, 0.1) is 25.0 Å². The summed E-state index contributed by atoms with van der Waals surface area (Å²) >= 11 is 0. The van der Waals surface area contributed by atoms with E-state index in [1.165, 1.54) is 36.8 Å². The highest BCUT2D eigenvalue weighted by molar-refractivity contribution is 5.39. The number of nitrogens with zero attached hydrogens (tertiary/aromatic N) is 2. The molecule has 1 saturated carbocycles. The van der Waals surface area contributed by atoms with Crippen LogP contribution in [0.4, 0.5) is 5.69 Å². The molecule has 1 aliphatic rings. The molecule has 21 heavy (non-hydrogen) atoms. The Kier molecular flexibility index (Phi) is 4.55. The second-order valence-electron chi connectivity index (χ2n) is 5.80. The molecule has 1 fully saturated rings. The highest BCUT2D eigenvalue weighted by Crippen LogP contribution is 2.34. The van der Waals surface area contributed by atoms with Crippen LogP contribution in [-0.2, 0) is 13.1 Å². The van der Waals surface area contributed by atoms with Gasteiger partial charge in [-0.3, -0.25) is 4.68 Å². The molecule has 1 aliphatic carbocycles. The van der Waals surface area contributed by atoms with E-state index in [2.05, 4.69) is 34.7 Å². The zero-order chi connectivity index (χ0) is 14.5. The largest absolute Gasteiger partial charge is 0.394 e. The number of aliphatic hydroxyl groups excluding tert-OH is 1. The lowest BCUT2D eigenvalue weighted by atomic mass is 9.96. The van der Waals surface area contributed by atoms with Gasteiger partial charge < -0.3 is 10.4 Å². The molecule has 2 N–H and O–H groups in total. The van der Waals surface area contributed by atoms with Gasteiger partial charge in [-0.1, -0.05) is 37.1 Å². The first-order chi connectivity index (χ1) is 10.3. The Hall–Kier alpha value is -1.81. The number of hydrogen-bond acceptors (Lipinski definition) is 3. The zero-order valence-corrected chi connectivity index (χ0v) is 12.3. The van der Waals surface area contributed by atoms with Crippen molar-refractivity contribution >= 4 is 5.69 Å². The van der Waals surface area contributed by atoms with Crippen molar-refractivity contribution in [1.29, 1.82) is 0 Å². The molecule has 112 valence electrons. The third-order valence-electron chi connectivity index (χ3n) is 4.24. The van der Waals surface area contributed by atoms with Gasteiger partial charge in [-0.15, -0.1) is 0 Å². The van der Waals surface area contributed by atoms with Gasteiger partial charge in [0.2, 0.25) is 0 Å². The first-order valence-electron chi connectivity index (χ1n) is 7.81. The van der Waals surface area contributed by atoms with E-state index >= 15 is 0 Å². The topological polar surface area (TPSA) is 50.1 Å². The highest BCUT2D eigenvalue weighted by atomic mass is 16.3. The Morgan fingerprint density at radius 1 is 1.29 bits per heavy atom. The second-order valence-corrected chi connectivity index (χ2v) is 5.80. The van der Waals surface area contributed by atoms with Crippen molar-refractivity contribution in [2.75, 3.05) is 11.9 Å². The van der Waals surface area contributed by atoms with E-state index in [9.17, 15) is 0 Å². The lowest BCUT2D eigenvalue weighted by Crippen LogP contribution is -2.02. The zero-order valence-electron chi connectivity index (χ0n) is 12.3. The summed E-state index contributed by atoms with van der Waals surface area (Å²) in [6.07, 6.45) is 9.15. The van der Waals surface area contributed by atoms with E-state index in [-0.39, 0.29) is 6.61 Å². The van der Waals surface area contributed by atoms with Gasteiger partial charge in [0.25, 0.3) is 0 Å². The van der Waals surface area contributed by atoms with Gasteiger partial charge in [-0.25, -0.2) is 0 Å². The minimum atomic E-state index is 0.116. The molecule has 3 rings (SSSR count). The maximum atomic E-state index is 8.89. The summed E-state index contributed by atoms with van der Waals surface area (Å²) in [6.45, 7) is 1.47. The summed E-state index contributed by atoms with van der Waals surface area (Å²) in [5, 5.41) is 16.5. The average molecular weight is 285 g/mol. The Bertz CT molecular complexity index is 573. The minimum Gasteiger partial charge on any atom is -0.394 e. The summed E-state index contributed by atoms with van der Waals surface area (Å²) in [4.78, 5) is 0. The van der Waals surface area contributed by atoms with Gasteiger partial charge in [0.1, 0.15) is 0 Å². The molecule has 0 unspecified atom stereocenters. The van der Waals surface area contributed by atoms with Crippen LogP contribution in [0.25, 0.3) is 0 Å². The van der Waals surface area contributed by atoms with E-state index in [0.29, 0.717) is 6.54 Å². The molecule has 1 aromatic heterocycles. The van der Waals surface area contributed by atoms with Crippen LogP contribution in [0.1, 0.15) is 42.7 Å². The highest BCUT2D eigenvalue weighted by Gasteiger charge is 2.16. The standard InChI is InChI=1S/C17H23N3O/c21-9-8-20-13-17(12-19-20)18-11-14-4-3-7-16(10-14)15-5-1-2-6-15/h3-4,7,10,12-13,15,18,21H,1-2,5-6,8-9,11H2. The molecule has 0 saturated heterocycles. The number of rotatable bonds is 6. The van der Waals surface area contributed by atoms with Crippen molar-refractivity contribution < 1.29 is 5.11 Å². The van der Waals surface area contributed by atoms with E-state index in [1.807, 2.05) is 6.20 Å². The van der Waals surface area contributed by atoms with Crippen LogP contribution in [0.15, 0.2) is 36.7 Å². The SMILES string of the molecule is OCCn1cc(NCc2cccc(C3CCCC3)c2)cn1. The Balaban J connectivity index is 1.60. The van der Waals surface area contributed by atoms with Crippen molar-refractivity contribution in [2.45, 2.75) is 44.7 Å². The molecule has 0 aliphatic heterocycles. The van der Waals surface area contributed by atoms with Gasteiger partial charge in [0, 0.05) is 12.7 Å². The molecule has 4 heteroatoms. The van der Waals surface area contributed by atoms with Crippen LogP contribution in [-0.4, -0.2) is 21.5 Å². The van der Waals surface area contributed by atoms with E-state index in [1.54, 1.807) is 10.9 Å². The minimum absolute atomic E-state index is 0.116. The maximum absolute atomic E-state index is 8.89. The van der Waals surface area contributed by atoms with Crippen LogP contribution in [0, 0.1) is 0 Å². The monoisotopic (exact) mass is 285 g/mol. The molecular weight excluding hydrogens is 262 g/mol. The molecule has 0 atom stereocenters. The first-order valence-corrected chi connectivity index (χ1v) is 7.81. The van der Waals surface area contributed by atoms with Gasteiger partial charge in [-0.2, -0.15) is 5.10 Å². The van der Waals surface area contributed by atoms with E-state index in [4.69, 9.17) is 5.11 Å². The van der Waals surface area contributed by atoms with Gasteiger partial charge >= 0.3 is 0 Å². The normalized spacial score (nSPS) is 15.5. The average Bonchev–Trinajstić information content (AvgIpc) is 3.18. The molecule has 0 radical (unpaired) electrons. The van der Waals surface area contributed by atoms with Crippen LogP contribution in [0.3, 0.4) is 0 Å². The van der Waals surface area contributed by atoms with Crippen LogP contribution in [0.5, 0.6) is 0 Å². The number of hydrogen-bond donors (Lipinski definition) is 2. The summed E-state index contributed by atoms with van der Waals surface area (Å²) in [5.41, 5.74) is 3.80. The molecular formula is C17H23N3O. The molecule has 2 aromatic rings. The quantitative estimate of drug-likeness (QED) is 0.857. The van der Waals surface area contributed by atoms with Crippen LogP contribution >= 0.6 is 0 Å². The van der Waals surface area contributed by atoms with Crippen molar-refractivity contribution in [2.24, 2.45) is 0 Å². The van der Waals surface area contributed by atoms with Crippen molar-refractivity contribution in [1.82, 2.24) is 9.78 Å².